The van der Waals surface area contributed by atoms with Crippen molar-refractivity contribution in [3.8, 4) is 5.69 Å². The molecule has 0 aliphatic heterocycles. The third kappa shape index (κ3) is 1.98. The molecule has 0 bridgehead atoms. The van der Waals surface area contributed by atoms with E-state index in [1.165, 1.54) is 12.1 Å². The maximum atomic E-state index is 12.8. The number of aromatic nitrogens is 2. The highest BCUT2D eigenvalue weighted by molar-refractivity contribution is 5.33. The van der Waals surface area contributed by atoms with Crippen molar-refractivity contribution < 1.29 is 4.39 Å². The summed E-state index contributed by atoms with van der Waals surface area (Å²) in [7, 11) is 0. The maximum absolute atomic E-state index is 12.8. The first kappa shape index (κ1) is 10.9. The summed E-state index contributed by atoms with van der Waals surface area (Å²) < 4.78 is 14.7. The van der Waals surface area contributed by atoms with E-state index < -0.39 is 0 Å². The topological polar surface area (TPSA) is 17.8 Å². The van der Waals surface area contributed by atoms with Crippen LogP contribution in [0.2, 0.25) is 0 Å². The zero-order chi connectivity index (χ0) is 11.5. The van der Waals surface area contributed by atoms with E-state index >= 15 is 0 Å². The van der Waals surface area contributed by atoms with Crippen LogP contribution in [0.5, 0.6) is 0 Å². The van der Waals surface area contributed by atoms with Gasteiger partial charge in [-0.15, -0.1) is 0 Å². The number of hydrogen-bond acceptors (Lipinski definition) is 1. The van der Waals surface area contributed by atoms with Crippen molar-refractivity contribution in [1.29, 1.82) is 0 Å². The first-order valence-corrected chi connectivity index (χ1v) is 5.58. The SMILES string of the molecule is CCc1cc(CC)n(-c2ccc(F)cc2)n1. The average Bonchev–Trinajstić information content (AvgIpc) is 2.73. The van der Waals surface area contributed by atoms with E-state index in [-0.39, 0.29) is 5.82 Å². The van der Waals surface area contributed by atoms with Crippen LogP contribution in [0.3, 0.4) is 0 Å². The summed E-state index contributed by atoms with van der Waals surface area (Å²) in [5.74, 6) is -0.218. The molecule has 1 aromatic carbocycles. The number of nitrogens with zero attached hydrogens (tertiary/aromatic N) is 2. The van der Waals surface area contributed by atoms with Crippen LogP contribution < -0.4 is 0 Å². The van der Waals surface area contributed by atoms with Gasteiger partial charge in [-0.2, -0.15) is 5.10 Å². The summed E-state index contributed by atoms with van der Waals surface area (Å²) in [4.78, 5) is 0. The Bertz CT molecular complexity index is 471. The van der Waals surface area contributed by atoms with E-state index in [2.05, 4.69) is 25.0 Å². The summed E-state index contributed by atoms with van der Waals surface area (Å²) in [6, 6.07) is 8.52. The molecule has 3 heteroatoms. The number of hydrogen-bond donors (Lipinski definition) is 0. The Morgan fingerprint density at radius 1 is 1.12 bits per heavy atom. The van der Waals surface area contributed by atoms with Crippen LogP contribution >= 0.6 is 0 Å². The summed E-state index contributed by atoms with van der Waals surface area (Å²) in [5.41, 5.74) is 3.14. The second-order valence-electron chi connectivity index (χ2n) is 3.72. The van der Waals surface area contributed by atoms with Crippen LogP contribution in [0.1, 0.15) is 25.2 Å². The molecule has 0 aliphatic carbocycles. The zero-order valence-electron chi connectivity index (χ0n) is 9.57. The molecule has 2 aromatic rings. The van der Waals surface area contributed by atoms with Gasteiger partial charge < -0.3 is 0 Å². The number of aryl methyl sites for hydroxylation is 2. The summed E-state index contributed by atoms with van der Waals surface area (Å²) in [6.07, 6.45) is 1.84. The molecule has 0 amide bonds. The van der Waals surface area contributed by atoms with Gasteiger partial charge in [0.15, 0.2) is 0 Å². The summed E-state index contributed by atoms with van der Waals surface area (Å²) in [6.45, 7) is 4.17. The first-order chi connectivity index (χ1) is 7.74. The van der Waals surface area contributed by atoms with Crippen molar-refractivity contribution in [3.63, 3.8) is 0 Å². The smallest absolute Gasteiger partial charge is 0.123 e. The lowest BCUT2D eigenvalue weighted by atomic mass is 10.2. The van der Waals surface area contributed by atoms with Gasteiger partial charge >= 0.3 is 0 Å². The van der Waals surface area contributed by atoms with Crippen LogP contribution in [0.4, 0.5) is 4.39 Å². The molecule has 16 heavy (non-hydrogen) atoms. The molecule has 2 nitrogen and oxygen atoms in total. The van der Waals surface area contributed by atoms with Gasteiger partial charge in [0.25, 0.3) is 0 Å². The monoisotopic (exact) mass is 218 g/mol. The third-order valence-electron chi connectivity index (χ3n) is 2.63. The molecule has 0 saturated heterocycles. The van der Waals surface area contributed by atoms with E-state index in [0.717, 1.165) is 29.9 Å². The van der Waals surface area contributed by atoms with Gasteiger partial charge in [-0.25, -0.2) is 9.07 Å². The fraction of sp³-hybridized carbons (Fsp3) is 0.308. The zero-order valence-corrected chi connectivity index (χ0v) is 9.57. The van der Waals surface area contributed by atoms with E-state index in [1.807, 2.05) is 4.68 Å². The van der Waals surface area contributed by atoms with Crippen molar-refractivity contribution in [3.05, 3.63) is 47.5 Å². The Morgan fingerprint density at radius 3 is 2.38 bits per heavy atom. The van der Waals surface area contributed by atoms with Gasteiger partial charge in [-0.3, -0.25) is 0 Å². The molecule has 84 valence electrons. The summed E-state index contributed by atoms with van der Waals surface area (Å²) >= 11 is 0. The van der Waals surface area contributed by atoms with Crippen molar-refractivity contribution in [2.75, 3.05) is 0 Å². The van der Waals surface area contributed by atoms with Gasteiger partial charge in [-0.1, -0.05) is 13.8 Å². The molecule has 0 fully saturated rings. The summed E-state index contributed by atoms with van der Waals surface area (Å²) in [5, 5.41) is 4.49. The largest absolute Gasteiger partial charge is 0.238 e. The maximum Gasteiger partial charge on any atom is 0.123 e. The molecule has 0 saturated carbocycles. The Kier molecular flexibility index (Phi) is 3.04. The van der Waals surface area contributed by atoms with Gasteiger partial charge in [0.05, 0.1) is 11.4 Å². The molecule has 2 rings (SSSR count). The number of rotatable bonds is 3. The molecule has 0 aliphatic rings. The minimum Gasteiger partial charge on any atom is -0.238 e. The second kappa shape index (κ2) is 4.47. The molecular formula is C13H15FN2. The highest BCUT2D eigenvalue weighted by Gasteiger charge is 2.06. The van der Waals surface area contributed by atoms with Crippen LogP contribution in [-0.4, -0.2) is 9.78 Å². The molecule has 0 unspecified atom stereocenters. The van der Waals surface area contributed by atoms with Crippen molar-refractivity contribution in [1.82, 2.24) is 9.78 Å². The van der Waals surface area contributed by atoms with Crippen molar-refractivity contribution in [2.45, 2.75) is 26.7 Å². The van der Waals surface area contributed by atoms with Gasteiger partial charge in [0, 0.05) is 5.69 Å². The minimum absolute atomic E-state index is 0.218. The second-order valence-corrected chi connectivity index (χ2v) is 3.72. The molecule has 0 radical (unpaired) electrons. The fourth-order valence-corrected chi connectivity index (χ4v) is 1.71. The standard InChI is InChI=1S/C13H15FN2/c1-3-11-9-12(4-2)16(15-11)13-7-5-10(14)6-8-13/h5-9H,3-4H2,1-2H3. The predicted octanol–water partition coefficient (Wildman–Crippen LogP) is 3.14. The van der Waals surface area contributed by atoms with Gasteiger partial charge in [0.2, 0.25) is 0 Å². The lowest BCUT2D eigenvalue weighted by molar-refractivity contribution is 0.626. The Morgan fingerprint density at radius 2 is 1.81 bits per heavy atom. The van der Waals surface area contributed by atoms with Crippen LogP contribution in [0.15, 0.2) is 30.3 Å². The van der Waals surface area contributed by atoms with Crippen LogP contribution in [-0.2, 0) is 12.8 Å². The fourth-order valence-electron chi connectivity index (χ4n) is 1.71. The predicted molar refractivity (Wildman–Crippen MR) is 62.3 cm³/mol. The molecule has 0 atom stereocenters. The molecule has 1 aromatic heterocycles. The van der Waals surface area contributed by atoms with Crippen LogP contribution in [0, 0.1) is 5.82 Å². The molecule has 0 spiro atoms. The lowest BCUT2D eigenvalue weighted by Crippen LogP contribution is -2.01. The highest BCUT2D eigenvalue weighted by atomic mass is 19.1. The van der Waals surface area contributed by atoms with Gasteiger partial charge in [0.1, 0.15) is 5.82 Å². The number of benzene rings is 1. The van der Waals surface area contributed by atoms with E-state index in [1.54, 1.807) is 12.1 Å². The highest BCUT2D eigenvalue weighted by Crippen LogP contribution is 2.14. The van der Waals surface area contributed by atoms with E-state index in [0.29, 0.717) is 0 Å². The molecular weight excluding hydrogens is 203 g/mol. The van der Waals surface area contributed by atoms with E-state index in [9.17, 15) is 4.39 Å². The lowest BCUT2D eigenvalue weighted by Gasteiger charge is -2.05. The number of halogens is 1. The van der Waals surface area contributed by atoms with Crippen LogP contribution in [0.25, 0.3) is 5.69 Å². The third-order valence-corrected chi connectivity index (χ3v) is 2.63. The first-order valence-electron chi connectivity index (χ1n) is 5.58. The van der Waals surface area contributed by atoms with Gasteiger partial charge in [-0.05, 0) is 43.2 Å². The van der Waals surface area contributed by atoms with Crippen molar-refractivity contribution >= 4 is 0 Å². The average molecular weight is 218 g/mol. The molecule has 1 heterocycles. The molecule has 0 N–H and O–H groups in total. The Hall–Kier alpha value is -1.64. The minimum atomic E-state index is -0.218. The Balaban J connectivity index is 2.45. The van der Waals surface area contributed by atoms with E-state index in [4.69, 9.17) is 0 Å². The normalized spacial score (nSPS) is 10.7. The quantitative estimate of drug-likeness (QED) is 0.773. The Labute approximate surface area is 94.7 Å². The van der Waals surface area contributed by atoms with Crippen molar-refractivity contribution in [2.24, 2.45) is 0 Å².